The van der Waals surface area contributed by atoms with Gasteiger partial charge in [-0.15, -0.1) is 4.91 Å². The highest BCUT2D eigenvalue weighted by Crippen LogP contribution is 2.22. The molecular formula is C17H18N2O3. The Hall–Kier alpha value is -2.69. The summed E-state index contributed by atoms with van der Waals surface area (Å²) in [4.78, 5) is 22.5. The zero-order chi connectivity index (χ0) is 16.1. The first-order valence-corrected chi connectivity index (χ1v) is 6.93. The molecule has 114 valence electrons. The Balaban J connectivity index is 1.98. The van der Waals surface area contributed by atoms with E-state index in [1.54, 1.807) is 12.1 Å². The Bertz CT molecular complexity index is 711. The van der Waals surface area contributed by atoms with Gasteiger partial charge < -0.3 is 10.1 Å². The van der Waals surface area contributed by atoms with Gasteiger partial charge in [-0.2, -0.15) is 0 Å². The molecule has 5 heteroatoms. The van der Waals surface area contributed by atoms with Crippen molar-refractivity contribution in [2.45, 2.75) is 20.8 Å². The lowest BCUT2D eigenvalue weighted by atomic mass is 10.1. The number of benzene rings is 2. The highest BCUT2D eigenvalue weighted by atomic mass is 16.5. The summed E-state index contributed by atoms with van der Waals surface area (Å²) >= 11 is 0. The predicted octanol–water partition coefficient (Wildman–Crippen LogP) is 4.03. The molecule has 0 aromatic heterocycles. The van der Waals surface area contributed by atoms with Crippen molar-refractivity contribution in [1.82, 2.24) is 0 Å². The molecule has 0 radical (unpaired) electrons. The second-order valence-electron chi connectivity index (χ2n) is 5.17. The van der Waals surface area contributed by atoms with Crippen LogP contribution in [-0.4, -0.2) is 12.5 Å². The lowest BCUT2D eigenvalue weighted by molar-refractivity contribution is -0.118. The molecule has 0 bridgehead atoms. The third-order valence-corrected chi connectivity index (χ3v) is 3.45. The first-order valence-electron chi connectivity index (χ1n) is 6.93. The summed E-state index contributed by atoms with van der Waals surface area (Å²) < 4.78 is 5.48. The van der Waals surface area contributed by atoms with E-state index >= 15 is 0 Å². The van der Waals surface area contributed by atoms with Crippen LogP contribution in [0.4, 0.5) is 11.4 Å². The van der Waals surface area contributed by atoms with Gasteiger partial charge in [0.15, 0.2) is 6.61 Å². The minimum Gasteiger partial charge on any atom is -0.484 e. The Morgan fingerprint density at radius 2 is 1.77 bits per heavy atom. The fourth-order valence-electron chi connectivity index (χ4n) is 1.94. The number of nitrogens with zero attached hydrogens (tertiary/aromatic N) is 1. The van der Waals surface area contributed by atoms with E-state index in [-0.39, 0.29) is 18.2 Å². The Labute approximate surface area is 129 Å². The maximum absolute atomic E-state index is 11.9. The van der Waals surface area contributed by atoms with Crippen LogP contribution in [0, 0.1) is 25.7 Å². The molecule has 2 rings (SSSR count). The summed E-state index contributed by atoms with van der Waals surface area (Å²) in [6.07, 6.45) is 0. The summed E-state index contributed by atoms with van der Waals surface area (Å²) in [6.45, 7) is 5.75. The normalized spacial score (nSPS) is 10.1. The lowest BCUT2D eigenvalue weighted by Crippen LogP contribution is -2.20. The monoisotopic (exact) mass is 298 g/mol. The molecule has 2 aromatic carbocycles. The largest absolute Gasteiger partial charge is 0.484 e. The van der Waals surface area contributed by atoms with Crippen molar-refractivity contribution in [3.63, 3.8) is 0 Å². The summed E-state index contributed by atoms with van der Waals surface area (Å²) in [5.41, 5.74) is 3.97. The average Bonchev–Trinajstić information content (AvgIpc) is 2.50. The number of nitrogens with one attached hydrogen (secondary N) is 1. The summed E-state index contributed by atoms with van der Waals surface area (Å²) in [6, 6.07) is 10.5. The molecule has 0 saturated carbocycles. The average molecular weight is 298 g/mol. The van der Waals surface area contributed by atoms with Gasteiger partial charge in [0.25, 0.3) is 5.91 Å². The molecule has 2 aromatic rings. The maximum Gasteiger partial charge on any atom is 0.262 e. The van der Waals surface area contributed by atoms with Crippen molar-refractivity contribution in [1.29, 1.82) is 0 Å². The lowest BCUT2D eigenvalue weighted by Gasteiger charge is -2.10. The Kier molecular flexibility index (Phi) is 4.88. The number of ether oxygens (including phenoxy) is 1. The number of hydrogen-bond donors (Lipinski definition) is 1. The third-order valence-electron chi connectivity index (χ3n) is 3.45. The van der Waals surface area contributed by atoms with E-state index in [1.807, 2.05) is 39.0 Å². The molecule has 0 fully saturated rings. The van der Waals surface area contributed by atoms with Crippen LogP contribution in [0.1, 0.15) is 16.7 Å². The van der Waals surface area contributed by atoms with E-state index in [0.29, 0.717) is 11.4 Å². The summed E-state index contributed by atoms with van der Waals surface area (Å²) in [5, 5.41) is 5.58. The second-order valence-corrected chi connectivity index (χ2v) is 5.17. The fraction of sp³-hybridized carbons (Fsp3) is 0.235. The van der Waals surface area contributed by atoms with Crippen molar-refractivity contribution in [3.05, 3.63) is 58.0 Å². The number of anilines is 1. The number of hydrogen-bond acceptors (Lipinski definition) is 4. The van der Waals surface area contributed by atoms with Crippen molar-refractivity contribution in [2.75, 3.05) is 11.9 Å². The van der Waals surface area contributed by atoms with Gasteiger partial charge in [0.1, 0.15) is 11.4 Å². The molecule has 0 unspecified atom stereocenters. The number of amides is 1. The third kappa shape index (κ3) is 3.91. The zero-order valence-electron chi connectivity index (χ0n) is 12.8. The van der Waals surface area contributed by atoms with E-state index < -0.39 is 0 Å². The summed E-state index contributed by atoms with van der Waals surface area (Å²) in [7, 11) is 0. The molecule has 5 nitrogen and oxygen atoms in total. The van der Waals surface area contributed by atoms with E-state index in [9.17, 15) is 9.70 Å². The molecule has 1 amide bonds. The van der Waals surface area contributed by atoms with Crippen molar-refractivity contribution >= 4 is 17.3 Å². The Morgan fingerprint density at radius 3 is 2.45 bits per heavy atom. The number of rotatable bonds is 5. The quantitative estimate of drug-likeness (QED) is 0.847. The van der Waals surface area contributed by atoms with E-state index in [1.165, 1.54) is 11.6 Å². The smallest absolute Gasteiger partial charge is 0.262 e. The van der Waals surface area contributed by atoms with Gasteiger partial charge in [0.05, 0.1) is 0 Å². The van der Waals surface area contributed by atoms with E-state index in [4.69, 9.17) is 4.74 Å². The summed E-state index contributed by atoms with van der Waals surface area (Å²) in [5.74, 6) is 0.364. The number of aryl methyl sites for hydroxylation is 3. The van der Waals surface area contributed by atoms with Crippen LogP contribution in [-0.2, 0) is 4.79 Å². The highest BCUT2D eigenvalue weighted by molar-refractivity contribution is 5.93. The van der Waals surface area contributed by atoms with Crippen LogP contribution in [0.5, 0.6) is 5.75 Å². The molecule has 0 heterocycles. The van der Waals surface area contributed by atoms with Gasteiger partial charge in [0.2, 0.25) is 0 Å². The van der Waals surface area contributed by atoms with Gasteiger partial charge in [0, 0.05) is 5.69 Å². The van der Waals surface area contributed by atoms with Gasteiger partial charge in [-0.05, 0) is 66.9 Å². The topological polar surface area (TPSA) is 67.8 Å². The zero-order valence-corrected chi connectivity index (χ0v) is 12.8. The second kappa shape index (κ2) is 6.85. The first-order chi connectivity index (χ1) is 10.5. The van der Waals surface area contributed by atoms with Crippen LogP contribution in [0.2, 0.25) is 0 Å². The van der Waals surface area contributed by atoms with Crippen LogP contribution in [0.25, 0.3) is 0 Å². The van der Waals surface area contributed by atoms with E-state index in [0.717, 1.165) is 11.1 Å². The number of carbonyl (C=O) groups excluding carboxylic acids is 1. The van der Waals surface area contributed by atoms with Crippen molar-refractivity contribution in [3.8, 4) is 5.75 Å². The van der Waals surface area contributed by atoms with Crippen LogP contribution >= 0.6 is 0 Å². The molecule has 0 aliphatic heterocycles. The molecule has 0 aliphatic rings. The molecule has 1 N–H and O–H groups in total. The molecule has 0 atom stereocenters. The fourth-order valence-corrected chi connectivity index (χ4v) is 1.94. The minimum atomic E-state index is -0.288. The number of carbonyl (C=O) groups is 1. The molecule has 0 spiro atoms. The van der Waals surface area contributed by atoms with Crippen LogP contribution in [0.3, 0.4) is 0 Å². The molecule has 0 saturated heterocycles. The highest BCUT2D eigenvalue weighted by Gasteiger charge is 2.07. The van der Waals surface area contributed by atoms with Gasteiger partial charge >= 0.3 is 0 Å². The molecular weight excluding hydrogens is 280 g/mol. The first kappa shape index (κ1) is 15.7. The Morgan fingerprint density at radius 1 is 1.05 bits per heavy atom. The van der Waals surface area contributed by atoms with Crippen LogP contribution in [0.15, 0.2) is 41.6 Å². The van der Waals surface area contributed by atoms with E-state index in [2.05, 4.69) is 10.5 Å². The van der Waals surface area contributed by atoms with Gasteiger partial charge in [-0.1, -0.05) is 12.1 Å². The minimum absolute atomic E-state index is 0.0965. The van der Waals surface area contributed by atoms with Crippen molar-refractivity contribution in [2.24, 2.45) is 5.18 Å². The van der Waals surface area contributed by atoms with Crippen LogP contribution < -0.4 is 10.1 Å². The standard InChI is InChI=1S/C17H18N2O3/c1-11-5-7-15(8-13(11)3)22-10-17(20)18-16-9-14(19-21)6-4-12(16)2/h4-9H,10H2,1-3H3,(H,18,20). The molecule has 22 heavy (non-hydrogen) atoms. The predicted molar refractivity (Wildman–Crippen MR) is 86.7 cm³/mol. The maximum atomic E-state index is 11.9. The number of nitroso groups, excluding NO2 is 1. The SMILES string of the molecule is Cc1ccc(OCC(=O)Nc2cc(N=O)ccc2C)cc1C. The van der Waals surface area contributed by atoms with Gasteiger partial charge in [-0.25, -0.2) is 0 Å². The van der Waals surface area contributed by atoms with Crippen molar-refractivity contribution < 1.29 is 9.53 Å². The van der Waals surface area contributed by atoms with Gasteiger partial charge in [-0.3, -0.25) is 4.79 Å². The molecule has 0 aliphatic carbocycles.